The Hall–Kier alpha value is -1.97. The maximum absolute atomic E-state index is 12.6. The van der Waals surface area contributed by atoms with Crippen LogP contribution in [0.15, 0.2) is 29.2 Å². The molecular formula is C12H14N2O6S. The molecule has 1 aromatic rings. The Labute approximate surface area is 120 Å². The first-order valence-electron chi connectivity index (χ1n) is 6.06. The van der Waals surface area contributed by atoms with Gasteiger partial charge in [0.25, 0.3) is 0 Å². The molecule has 4 N–H and O–H groups in total. The molecule has 0 aromatic heterocycles. The molecule has 9 heteroatoms. The molecule has 0 bridgehead atoms. The van der Waals surface area contributed by atoms with Crippen molar-refractivity contribution < 1.29 is 28.2 Å². The fourth-order valence-electron chi connectivity index (χ4n) is 2.30. The van der Waals surface area contributed by atoms with Crippen molar-refractivity contribution in [1.82, 2.24) is 4.31 Å². The van der Waals surface area contributed by atoms with E-state index in [1.165, 1.54) is 12.1 Å². The summed E-state index contributed by atoms with van der Waals surface area (Å²) in [5, 5.41) is 18.7. The highest BCUT2D eigenvalue weighted by atomic mass is 32.2. The van der Waals surface area contributed by atoms with Gasteiger partial charge in [0.1, 0.15) is 6.04 Å². The van der Waals surface area contributed by atoms with E-state index in [-0.39, 0.29) is 13.0 Å². The molecule has 0 saturated carbocycles. The SMILES string of the molecule is NC(=O)C1CC(O)CN1S(=O)(=O)c1ccccc1C(=O)O. The molecule has 0 aliphatic carbocycles. The summed E-state index contributed by atoms with van der Waals surface area (Å²) in [5.41, 5.74) is 4.75. The molecule has 1 aliphatic heterocycles. The van der Waals surface area contributed by atoms with E-state index < -0.39 is 44.5 Å². The lowest BCUT2D eigenvalue weighted by Crippen LogP contribution is -2.44. The van der Waals surface area contributed by atoms with Crippen LogP contribution in [0.1, 0.15) is 16.8 Å². The van der Waals surface area contributed by atoms with Gasteiger partial charge in [0.05, 0.1) is 16.6 Å². The Morgan fingerprint density at radius 1 is 1.29 bits per heavy atom. The van der Waals surface area contributed by atoms with Crippen molar-refractivity contribution in [3.05, 3.63) is 29.8 Å². The molecule has 1 saturated heterocycles. The van der Waals surface area contributed by atoms with Gasteiger partial charge in [-0.05, 0) is 12.1 Å². The molecule has 0 spiro atoms. The van der Waals surface area contributed by atoms with Crippen molar-refractivity contribution in [2.24, 2.45) is 5.73 Å². The monoisotopic (exact) mass is 314 g/mol. The Kier molecular flexibility index (Phi) is 3.99. The van der Waals surface area contributed by atoms with Crippen LogP contribution < -0.4 is 5.73 Å². The van der Waals surface area contributed by atoms with E-state index in [9.17, 15) is 23.1 Å². The average molecular weight is 314 g/mol. The third-order valence-corrected chi connectivity index (χ3v) is 5.20. The Morgan fingerprint density at radius 2 is 1.90 bits per heavy atom. The minimum absolute atomic E-state index is 0.107. The first-order chi connectivity index (χ1) is 9.75. The number of carbonyl (C=O) groups excluding carboxylic acids is 1. The number of rotatable bonds is 4. The quantitative estimate of drug-likeness (QED) is 0.651. The molecule has 1 aliphatic rings. The molecule has 0 radical (unpaired) electrons. The number of primary amides is 1. The van der Waals surface area contributed by atoms with Crippen LogP contribution in [0.3, 0.4) is 0 Å². The topological polar surface area (TPSA) is 138 Å². The second-order valence-electron chi connectivity index (χ2n) is 4.68. The molecule has 8 nitrogen and oxygen atoms in total. The highest BCUT2D eigenvalue weighted by Gasteiger charge is 2.43. The largest absolute Gasteiger partial charge is 0.478 e. The minimum atomic E-state index is -4.25. The van der Waals surface area contributed by atoms with E-state index in [0.717, 1.165) is 16.4 Å². The van der Waals surface area contributed by atoms with E-state index in [1.54, 1.807) is 0 Å². The molecule has 114 valence electrons. The van der Waals surface area contributed by atoms with E-state index in [1.807, 2.05) is 0 Å². The van der Waals surface area contributed by atoms with Gasteiger partial charge in [0.2, 0.25) is 15.9 Å². The molecule has 1 heterocycles. The van der Waals surface area contributed by atoms with Crippen LogP contribution in [0.4, 0.5) is 0 Å². The zero-order valence-electron chi connectivity index (χ0n) is 10.8. The van der Waals surface area contributed by atoms with Crippen molar-refractivity contribution in [2.45, 2.75) is 23.5 Å². The molecular weight excluding hydrogens is 300 g/mol. The second-order valence-corrected chi connectivity index (χ2v) is 6.54. The number of sulfonamides is 1. The third-order valence-electron chi connectivity index (χ3n) is 3.27. The molecule has 1 aromatic carbocycles. The maximum Gasteiger partial charge on any atom is 0.337 e. The highest BCUT2D eigenvalue weighted by molar-refractivity contribution is 7.89. The number of nitrogens with zero attached hydrogens (tertiary/aromatic N) is 1. The van der Waals surface area contributed by atoms with Crippen molar-refractivity contribution in [3.8, 4) is 0 Å². The van der Waals surface area contributed by atoms with Gasteiger partial charge in [0.15, 0.2) is 0 Å². The van der Waals surface area contributed by atoms with Crippen LogP contribution in [-0.2, 0) is 14.8 Å². The molecule has 2 atom stereocenters. The highest BCUT2D eigenvalue weighted by Crippen LogP contribution is 2.28. The van der Waals surface area contributed by atoms with Crippen molar-refractivity contribution in [2.75, 3.05) is 6.54 Å². The number of aromatic carboxylic acids is 1. The smallest absolute Gasteiger partial charge is 0.337 e. The number of hydrogen-bond acceptors (Lipinski definition) is 5. The van der Waals surface area contributed by atoms with E-state index in [0.29, 0.717) is 0 Å². The normalized spacial score (nSPS) is 23.1. The fraction of sp³-hybridized carbons (Fsp3) is 0.333. The lowest BCUT2D eigenvalue weighted by atomic mass is 10.2. The maximum atomic E-state index is 12.6. The Bertz CT molecular complexity index is 687. The van der Waals surface area contributed by atoms with Crippen molar-refractivity contribution in [1.29, 1.82) is 0 Å². The van der Waals surface area contributed by atoms with Gasteiger partial charge in [-0.15, -0.1) is 0 Å². The van der Waals surface area contributed by atoms with Gasteiger partial charge in [0, 0.05) is 13.0 Å². The van der Waals surface area contributed by atoms with E-state index in [2.05, 4.69) is 0 Å². The molecule has 1 amide bonds. The lowest BCUT2D eigenvalue weighted by molar-refractivity contribution is -0.121. The standard InChI is InChI=1S/C12H14N2O6S/c13-11(16)9-5-7(15)6-14(9)21(19,20)10-4-2-1-3-8(10)12(17)18/h1-4,7,9,15H,5-6H2,(H2,13,16)(H,17,18). The van der Waals surface area contributed by atoms with Crippen LogP contribution in [0.2, 0.25) is 0 Å². The van der Waals surface area contributed by atoms with Gasteiger partial charge in [-0.1, -0.05) is 12.1 Å². The Balaban J connectivity index is 2.52. The molecule has 2 unspecified atom stereocenters. The van der Waals surface area contributed by atoms with E-state index >= 15 is 0 Å². The van der Waals surface area contributed by atoms with Gasteiger partial charge in [-0.25, -0.2) is 13.2 Å². The predicted octanol–water partition coefficient (Wildman–Crippen LogP) is -1.01. The number of nitrogens with two attached hydrogens (primary N) is 1. The van der Waals surface area contributed by atoms with Gasteiger partial charge in [-0.2, -0.15) is 4.31 Å². The van der Waals surface area contributed by atoms with Crippen molar-refractivity contribution in [3.63, 3.8) is 0 Å². The minimum Gasteiger partial charge on any atom is -0.478 e. The lowest BCUT2D eigenvalue weighted by Gasteiger charge is -2.22. The molecule has 21 heavy (non-hydrogen) atoms. The van der Waals surface area contributed by atoms with Crippen molar-refractivity contribution >= 4 is 21.9 Å². The van der Waals surface area contributed by atoms with Crippen LogP contribution in [-0.4, -0.2) is 53.5 Å². The van der Waals surface area contributed by atoms with Crippen LogP contribution in [0.5, 0.6) is 0 Å². The summed E-state index contributed by atoms with van der Waals surface area (Å²) in [4.78, 5) is 22.0. The van der Waals surface area contributed by atoms with Crippen LogP contribution >= 0.6 is 0 Å². The summed E-state index contributed by atoms with van der Waals surface area (Å²) in [6, 6.07) is 3.88. The molecule has 2 rings (SSSR count). The summed E-state index contributed by atoms with van der Waals surface area (Å²) in [7, 11) is -4.25. The predicted molar refractivity (Wildman–Crippen MR) is 70.9 cm³/mol. The number of carbonyl (C=O) groups is 2. The van der Waals surface area contributed by atoms with Crippen LogP contribution in [0, 0.1) is 0 Å². The van der Waals surface area contributed by atoms with Crippen LogP contribution in [0.25, 0.3) is 0 Å². The summed E-state index contributed by atoms with van der Waals surface area (Å²) >= 11 is 0. The number of amides is 1. The zero-order chi connectivity index (χ0) is 15.8. The number of hydrogen-bond donors (Lipinski definition) is 3. The van der Waals surface area contributed by atoms with E-state index in [4.69, 9.17) is 10.8 Å². The first-order valence-corrected chi connectivity index (χ1v) is 7.50. The number of carboxylic acid groups (broad SMARTS) is 1. The second kappa shape index (κ2) is 5.43. The third kappa shape index (κ3) is 2.75. The fourth-order valence-corrected chi connectivity index (χ4v) is 4.13. The van der Waals surface area contributed by atoms with Gasteiger partial charge >= 0.3 is 5.97 Å². The summed E-state index contributed by atoms with van der Waals surface area (Å²) < 4.78 is 25.9. The number of aliphatic hydroxyl groups excluding tert-OH is 1. The molecule has 1 fully saturated rings. The number of benzene rings is 1. The summed E-state index contributed by atoms with van der Waals surface area (Å²) in [6.07, 6.45) is -1.13. The summed E-state index contributed by atoms with van der Waals surface area (Å²) in [6.45, 7) is -0.302. The zero-order valence-corrected chi connectivity index (χ0v) is 11.7. The summed E-state index contributed by atoms with van der Waals surface area (Å²) in [5.74, 6) is -2.28. The Morgan fingerprint density at radius 3 is 2.48 bits per heavy atom. The number of β-amino-alcohol motifs (C(OH)–C–C–N with tert-alkyl or cyclic N) is 1. The number of carboxylic acids is 1. The average Bonchev–Trinajstić information content (AvgIpc) is 2.82. The van der Waals surface area contributed by atoms with Gasteiger partial charge < -0.3 is 15.9 Å². The first kappa shape index (κ1) is 15.4. The van der Waals surface area contributed by atoms with Gasteiger partial charge in [-0.3, -0.25) is 4.79 Å². The number of aliphatic hydroxyl groups is 1.